The molecule has 0 radical (unpaired) electrons. The molecule has 2 aromatic rings. The second kappa shape index (κ2) is 12.0. The van der Waals surface area contributed by atoms with Crippen molar-refractivity contribution in [3.63, 3.8) is 0 Å². The Morgan fingerprint density at radius 3 is 2.85 bits per heavy atom. The Kier molecular flexibility index (Phi) is 8.20. The Morgan fingerprint density at radius 2 is 2.12 bits per heavy atom. The fourth-order valence-corrected chi connectivity index (χ4v) is 5.29. The van der Waals surface area contributed by atoms with Gasteiger partial charge in [-0.2, -0.15) is 5.26 Å². The van der Waals surface area contributed by atoms with Crippen molar-refractivity contribution in [2.45, 2.75) is 44.1 Å². The fraction of sp³-hybridized carbons (Fsp3) is 0.481. The molecule has 3 amide bonds. The molecule has 0 bridgehead atoms. The number of rotatable bonds is 8. The molecule has 40 heavy (non-hydrogen) atoms. The molecule has 5 heterocycles. The number of nitrogens with one attached hydrogen (secondary N) is 2. The standard InChI is InChI=1S/C27H31N7O6/c1-38-22-5-7-33(26(22)36)12-17-8-16-4-3-6-34(25(16)31-20(17)13-35)27(37)32-24-9-19(18(10-28)11-29-24)30-21-14-40-15-23(21)39-2/h8-9,11,13,21-23H,3-7,12,14-15H2,1-2H3,(H2,29,30,32,37)/t21-,22?,23-/m0/s1. The van der Waals surface area contributed by atoms with Gasteiger partial charge in [-0.25, -0.2) is 14.8 Å². The van der Waals surface area contributed by atoms with E-state index in [1.54, 1.807) is 18.1 Å². The molecular weight excluding hydrogens is 518 g/mol. The van der Waals surface area contributed by atoms with Crippen LogP contribution in [-0.4, -0.2) is 91.9 Å². The van der Waals surface area contributed by atoms with Gasteiger partial charge in [0.2, 0.25) is 0 Å². The first-order chi connectivity index (χ1) is 19.4. The Bertz CT molecular complexity index is 1350. The number of nitrogens with zero attached hydrogens (tertiary/aromatic N) is 5. The van der Waals surface area contributed by atoms with Gasteiger partial charge in [0.25, 0.3) is 5.91 Å². The zero-order chi connectivity index (χ0) is 28.2. The Labute approximate surface area is 231 Å². The monoisotopic (exact) mass is 549 g/mol. The van der Waals surface area contributed by atoms with Gasteiger partial charge in [-0.05, 0) is 24.5 Å². The molecule has 2 aromatic heterocycles. The van der Waals surface area contributed by atoms with Gasteiger partial charge in [0.05, 0.1) is 30.5 Å². The molecule has 3 atom stereocenters. The van der Waals surface area contributed by atoms with Crippen molar-refractivity contribution in [3.8, 4) is 6.07 Å². The number of aldehydes is 1. The third kappa shape index (κ3) is 5.46. The number of anilines is 3. The average Bonchev–Trinajstić information content (AvgIpc) is 3.57. The second-order valence-corrected chi connectivity index (χ2v) is 9.88. The molecule has 0 saturated carbocycles. The molecule has 5 rings (SSSR count). The van der Waals surface area contributed by atoms with Crippen LogP contribution in [0.1, 0.15) is 40.0 Å². The highest BCUT2D eigenvalue weighted by molar-refractivity contribution is 6.02. The average molecular weight is 550 g/mol. The maximum atomic E-state index is 13.4. The third-order valence-corrected chi connectivity index (χ3v) is 7.46. The molecule has 13 nitrogen and oxygen atoms in total. The van der Waals surface area contributed by atoms with Gasteiger partial charge in [0, 0.05) is 58.1 Å². The summed E-state index contributed by atoms with van der Waals surface area (Å²) in [5, 5.41) is 15.6. The number of carbonyl (C=O) groups is 3. The largest absolute Gasteiger partial charge is 0.377 e. The molecule has 2 N–H and O–H groups in total. The van der Waals surface area contributed by atoms with Crippen molar-refractivity contribution < 1.29 is 28.6 Å². The number of aromatic nitrogens is 2. The first-order valence-electron chi connectivity index (χ1n) is 13.1. The van der Waals surface area contributed by atoms with Crippen LogP contribution in [0.5, 0.6) is 0 Å². The van der Waals surface area contributed by atoms with E-state index in [1.807, 2.05) is 6.07 Å². The lowest BCUT2D eigenvalue weighted by molar-refractivity contribution is -0.136. The topological polar surface area (TPSA) is 159 Å². The van der Waals surface area contributed by atoms with Gasteiger partial charge < -0.3 is 24.4 Å². The number of hydrogen-bond donors (Lipinski definition) is 2. The zero-order valence-corrected chi connectivity index (χ0v) is 22.4. The van der Waals surface area contributed by atoms with E-state index in [9.17, 15) is 19.6 Å². The van der Waals surface area contributed by atoms with Crippen LogP contribution >= 0.6 is 0 Å². The number of pyridine rings is 2. The Hall–Kier alpha value is -4.12. The molecule has 2 saturated heterocycles. The van der Waals surface area contributed by atoms with E-state index >= 15 is 0 Å². The number of amides is 3. The lowest BCUT2D eigenvalue weighted by atomic mass is 10.0. The van der Waals surface area contributed by atoms with Crippen LogP contribution in [0.25, 0.3) is 0 Å². The van der Waals surface area contributed by atoms with E-state index in [-0.39, 0.29) is 36.1 Å². The van der Waals surface area contributed by atoms with Crippen molar-refractivity contribution >= 4 is 35.5 Å². The maximum Gasteiger partial charge on any atom is 0.328 e. The van der Waals surface area contributed by atoms with E-state index in [0.29, 0.717) is 74.5 Å². The third-order valence-electron chi connectivity index (χ3n) is 7.46. The zero-order valence-electron chi connectivity index (χ0n) is 22.4. The van der Waals surface area contributed by atoms with Crippen molar-refractivity contribution in [2.24, 2.45) is 0 Å². The van der Waals surface area contributed by atoms with Gasteiger partial charge in [-0.3, -0.25) is 19.8 Å². The van der Waals surface area contributed by atoms with Crippen LogP contribution in [0, 0.1) is 11.3 Å². The molecule has 0 spiro atoms. The van der Waals surface area contributed by atoms with Gasteiger partial charge in [0.1, 0.15) is 35.6 Å². The number of ether oxygens (including phenoxy) is 3. The number of carbonyl (C=O) groups excluding carboxylic acids is 3. The van der Waals surface area contributed by atoms with Crippen molar-refractivity contribution in [1.82, 2.24) is 14.9 Å². The van der Waals surface area contributed by atoms with Crippen molar-refractivity contribution in [2.75, 3.05) is 56.1 Å². The van der Waals surface area contributed by atoms with Crippen LogP contribution in [0.15, 0.2) is 18.3 Å². The van der Waals surface area contributed by atoms with Crippen LogP contribution in [0.4, 0.5) is 22.1 Å². The van der Waals surface area contributed by atoms with Crippen molar-refractivity contribution in [1.29, 1.82) is 5.26 Å². The quantitative estimate of drug-likeness (QED) is 0.464. The van der Waals surface area contributed by atoms with E-state index in [1.165, 1.54) is 18.2 Å². The SMILES string of the molecule is COC1CCN(Cc2cc3c(nc2C=O)N(C(=O)Nc2cc(N[C@H]4COC[C@@H]4OC)c(C#N)cn2)CCC3)C1=O. The first-order valence-corrected chi connectivity index (χ1v) is 13.1. The van der Waals surface area contributed by atoms with Crippen LogP contribution in [0.3, 0.4) is 0 Å². The number of urea groups is 1. The smallest absolute Gasteiger partial charge is 0.328 e. The number of likely N-dealkylation sites (tertiary alicyclic amines) is 1. The summed E-state index contributed by atoms with van der Waals surface area (Å²) >= 11 is 0. The van der Waals surface area contributed by atoms with E-state index < -0.39 is 12.1 Å². The summed E-state index contributed by atoms with van der Waals surface area (Å²) < 4.78 is 16.1. The molecule has 13 heteroatoms. The molecule has 0 aromatic carbocycles. The summed E-state index contributed by atoms with van der Waals surface area (Å²) in [7, 11) is 3.11. The lowest BCUT2D eigenvalue weighted by Gasteiger charge is -2.29. The summed E-state index contributed by atoms with van der Waals surface area (Å²) in [6.07, 6.45) is 3.38. The highest BCUT2D eigenvalue weighted by Crippen LogP contribution is 2.30. The minimum Gasteiger partial charge on any atom is -0.377 e. The van der Waals surface area contributed by atoms with Crippen LogP contribution < -0.4 is 15.5 Å². The van der Waals surface area contributed by atoms with E-state index in [0.717, 1.165) is 5.56 Å². The normalized spacial score (nSPS) is 22.1. The van der Waals surface area contributed by atoms with Crippen LogP contribution in [0.2, 0.25) is 0 Å². The molecule has 3 aliphatic rings. The van der Waals surface area contributed by atoms with Crippen LogP contribution in [-0.2, 0) is 32.0 Å². The number of fused-ring (bicyclic) bond motifs is 1. The first kappa shape index (κ1) is 27.4. The fourth-order valence-electron chi connectivity index (χ4n) is 5.29. The maximum absolute atomic E-state index is 13.4. The minimum absolute atomic E-state index is 0.111. The summed E-state index contributed by atoms with van der Waals surface area (Å²) in [6.45, 7) is 2.05. The minimum atomic E-state index is -0.469. The van der Waals surface area contributed by atoms with Gasteiger partial charge >= 0.3 is 6.03 Å². The second-order valence-electron chi connectivity index (χ2n) is 9.88. The van der Waals surface area contributed by atoms with Gasteiger partial charge in [-0.1, -0.05) is 0 Å². The molecule has 1 unspecified atom stereocenters. The number of methoxy groups -OCH3 is 2. The van der Waals surface area contributed by atoms with Crippen molar-refractivity contribution in [3.05, 3.63) is 40.7 Å². The highest BCUT2D eigenvalue weighted by Gasteiger charge is 2.33. The molecule has 3 aliphatic heterocycles. The molecular formula is C27H31N7O6. The van der Waals surface area contributed by atoms with E-state index in [4.69, 9.17) is 14.2 Å². The Morgan fingerprint density at radius 1 is 1.27 bits per heavy atom. The predicted molar refractivity (Wildman–Crippen MR) is 143 cm³/mol. The Balaban J connectivity index is 1.34. The highest BCUT2D eigenvalue weighted by atomic mass is 16.5. The van der Waals surface area contributed by atoms with E-state index in [2.05, 4.69) is 26.7 Å². The summed E-state index contributed by atoms with van der Waals surface area (Å²) in [4.78, 5) is 49.8. The van der Waals surface area contributed by atoms with Gasteiger partial charge in [0.15, 0.2) is 6.29 Å². The van der Waals surface area contributed by atoms with Gasteiger partial charge in [-0.15, -0.1) is 0 Å². The lowest BCUT2D eigenvalue weighted by Crippen LogP contribution is -2.40. The predicted octanol–water partition coefficient (Wildman–Crippen LogP) is 1.72. The summed E-state index contributed by atoms with van der Waals surface area (Å²) in [5.74, 6) is 0.536. The molecule has 210 valence electrons. The molecule has 2 fully saturated rings. The summed E-state index contributed by atoms with van der Waals surface area (Å²) in [6, 6.07) is 4.94. The number of nitriles is 1. The number of hydrogen-bond acceptors (Lipinski definition) is 10. The summed E-state index contributed by atoms with van der Waals surface area (Å²) in [5.41, 5.74) is 2.46. The molecule has 0 aliphatic carbocycles. The number of aryl methyl sites for hydroxylation is 1.